The average molecular weight is 263 g/mol. The lowest BCUT2D eigenvalue weighted by Gasteiger charge is -2.03. The van der Waals surface area contributed by atoms with Gasteiger partial charge in [-0.05, 0) is 5.56 Å². The van der Waals surface area contributed by atoms with Crippen molar-refractivity contribution < 1.29 is 17.9 Å². The molecule has 4 nitrogen and oxygen atoms in total. The molecule has 0 amide bonds. The van der Waals surface area contributed by atoms with Crippen LogP contribution in [-0.2, 0) is 25.2 Å². The molecule has 0 saturated carbocycles. The monoisotopic (exact) mass is 262 g/mol. The molecule has 1 aromatic carbocycles. The number of hydrogen-bond acceptors (Lipinski definition) is 4. The van der Waals surface area contributed by atoms with Crippen molar-refractivity contribution in [3.8, 4) is 0 Å². The Balaban J connectivity index is 2.31. The van der Waals surface area contributed by atoms with Crippen LogP contribution in [0.25, 0.3) is 0 Å². The molecule has 88 valence electrons. The van der Waals surface area contributed by atoms with E-state index >= 15 is 0 Å². The number of halogens is 1. The highest BCUT2D eigenvalue weighted by Gasteiger charge is 2.10. The van der Waals surface area contributed by atoms with E-state index in [0.29, 0.717) is 0 Å². The van der Waals surface area contributed by atoms with E-state index < -0.39 is 20.8 Å². The molecule has 0 aliphatic heterocycles. The molecule has 0 radical (unpaired) electrons. The largest absolute Gasteiger partial charge is 0.461 e. The molecular weight excluding hydrogens is 252 g/mol. The summed E-state index contributed by atoms with van der Waals surface area (Å²) < 4.78 is 26.0. The Labute approximate surface area is 98.6 Å². The lowest BCUT2D eigenvalue weighted by Crippen LogP contribution is -2.09. The first-order chi connectivity index (χ1) is 7.47. The van der Waals surface area contributed by atoms with Gasteiger partial charge >= 0.3 is 5.97 Å². The zero-order chi connectivity index (χ0) is 12.0. The van der Waals surface area contributed by atoms with E-state index in [1.807, 2.05) is 30.3 Å². The third-order valence-corrected chi connectivity index (χ3v) is 2.95. The van der Waals surface area contributed by atoms with Crippen LogP contribution in [-0.4, -0.2) is 20.1 Å². The highest BCUT2D eigenvalue weighted by Crippen LogP contribution is 2.04. The fourth-order valence-corrected chi connectivity index (χ4v) is 1.66. The van der Waals surface area contributed by atoms with Crippen molar-refractivity contribution in [1.29, 1.82) is 0 Å². The summed E-state index contributed by atoms with van der Waals surface area (Å²) in [5, 5.41) is 0. The minimum Gasteiger partial charge on any atom is -0.461 e. The molecule has 0 aliphatic rings. The molecule has 16 heavy (non-hydrogen) atoms. The molecule has 0 atom stereocenters. The molecular formula is C10H11ClO4S. The molecule has 0 heterocycles. The van der Waals surface area contributed by atoms with Crippen molar-refractivity contribution in [1.82, 2.24) is 0 Å². The van der Waals surface area contributed by atoms with Gasteiger partial charge in [0.25, 0.3) is 0 Å². The number of benzene rings is 1. The van der Waals surface area contributed by atoms with E-state index in [2.05, 4.69) is 0 Å². The molecule has 0 spiro atoms. The van der Waals surface area contributed by atoms with Gasteiger partial charge in [0.1, 0.15) is 6.61 Å². The maximum absolute atomic E-state index is 11.1. The normalized spacial score (nSPS) is 11.1. The number of ether oxygens (including phenoxy) is 1. The Kier molecular flexibility index (Phi) is 4.76. The van der Waals surface area contributed by atoms with Gasteiger partial charge in [0.15, 0.2) is 0 Å². The van der Waals surface area contributed by atoms with Crippen molar-refractivity contribution in [2.45, 2.75) is 13.0 Å². The van der Waals surface area contributed by atoms with Gasteiger partial charge in [-0.2, -0.15) is 0 Å². The van der Waals surface area contributed by atoms with Crippen LogP contribution in [0.15, 0.2) is 30.3 Å². The third kappa shape index (κ3) is 5.72. The Hall–Kier alpha value is -1.07. The molecule has 0 bridgehead atoms. The quantitative estimate of drug-likeness (QED) is 0.598. The van der Waals surface area contributed by atoms with Crippen LogP contribution in [0.2, 0.25) is 0 Å². The maximum atomic E-state index is 11.1. The Morgan fingerprint density at radius 3 is 2.44 bits per heavy atom. The lowest BCUT2D eigenvalue weighted by atomic mass is 10.2. The summed E-state index contributed by atoms with van der Waals surface area (Å²) >= 11 is 0. The minimum atomic E-state index is -3.63. The molecule has 1 aromatic rings. The van der Waals surface area contributed by atoms with Crippen LogP contribution in [0.1, 0.15) is 12.0 Å². The van der Waals surface area contributed by atoms with Gasteiger partial charge in [-0.3, -0.25) is 4.79 Å². The first-order valence-electron chi connectivity index (χ1n) is 4.59. The van der Waals surface area contributed by atoms with E-state index in [9.17, 15) is 13.2 Å². The average Bonchev–Trinajstić information content (AvgIpc) is 2.24. The highest BCUT2D eigenvalue weighted by atomic mass is 35.7. The van der Waals surface area contributed by atoms with Crippen molar-refractivity contribution >= 4 is 25.7 Å². The van der Waals surface area contributed by atoms with Crippen LogP contribution < -0.4 is 0 Å². The van der Waals surface area contributed by atoms with E-state index in [1.54, 1.807) is 0 Å². The molecule has 0 saturated heterocycles. The molecule has 1 rings (SSSR count). The first kappa shape index (κ1) is 13.0. The molecule has 0 fully saturated rings. The molecule has 0 N–H and O–H groups in total. The van der Waals surface area contributed by atoms with Gasteiger partial charge in [0.05, 0.1) is 12.2 Å². The second kappa shape index (κ2) is 5.86. The fourth-order valence-electron chi connectivity index (χ4n) is 1.02. The summed E-state index contributed by atoms with van der Waals surface area (Å²) in [6, 6.07) is 9.13. The van der Waals surface area contributed by atoms with Gasteiger partial charge in [-0.1, -0.05) is 30.3 Å². The Morgan fingerprint density at radius 1 is 1.25 bits per heavy atom. The maximum Gasteiger partial charge on any atom is 0.307 e. The van der Waals surface area contributed by atoms with E-state index in [-0.39, 0.29) is 13.0 Å². The fraction of sp³-hybridized carbons (Fsp3) is 0.300. The molecule has 0 unspecified atom stereocenters. The Morgan fingerprint density at radius 2 is 1.88 bits per heavy atom. The number of carbonyl (C=O) groups excluding carboxylic acids is 1. The highest BCUT2D eigenvalue weighted by molar-refractivity contribution is 8.13. The summed E-state index contributed by atoms with van der Waals surface area (Å²) in [6.07, 6.45) is -0.224. The summed E-state index contributed by atoms with van der Waals surface area (Å²) in [5.41, 5.74) is 0.851. The van der Waals surface area contributed by atoms with Gasteiger partial charge in [-0.15, -0.1) is 0 Å². The van der Waals surface area contributed by atoms with Crippen molar-refractivity contribution in [3.05, 3.63) is 35.9 Å². The summed E-state index contributed by atoms with van der Waals surface area (Å²) in [5.74, 6) is -0.976. The smallest absolute Gasteiger partial charge is 0.307 e. The van der Waals surface area contributed by atoms with E-state index in [0.717, 1.165) is 5.56 Å². The SMILES string of the molecule is O=C(CCS(=O)(=O)Cl)OCc1ccccc1. The van der Waals surface area contributed by atoms with Crippen LogP contribution in [0.5, 0.6) is 0 Å². The number of hydrogen-bond donors (Lipinski definition) is 0. The first-order valence-corrected chi connectivity index (χ1v) is 7.07. The van der Waals surface area contributed by atoms with Gasteiger partial charge < -0.3 is 4.74 Å². The number of esters is 1. The summed E-state index contributed by atoms with van der Waals surface area (Å²) in [6.45, 7) is 0.141. The van der Waals surface area contributed by atoms with Crippen molar-refractivity contribution in [3.63, 3.8) is 0 Å². The van der Waals surface area contributed by atoms with Gasteiger partial charge in [0.2, 0.25) is 9.05 Å². The zero-order valence-electron chi connectivity index (χ0n) is 8.43. The molecule has 0 aliphatic carbocycles. The summed E-state index contributed by atoms with van der Waals surface area (Å²) in [4.78, 5) is 11.1. The van der Waals surface area contributed by atoms with Crippen LogP contribution in [0.4, 0.5) is 0 Å². The number of rotatable bonds is 5. The topological polar surface area (TPSA) is 60.4 Å². The standard InChI is InChI=1S/C10H11ClO4S/c11-16(13,14)7-6-10(12)15-8-9-4-2-1-3-5-9/h1-5H,6-8H2. The van der Waals surface area contributed by atoms with Crippen LogP contribution in [0.3, 0.4) is 0 Å². The predicted molar refractivity (Wildman–Crippen MR) is 60.5 cm³/mol. The van der Waals surface area contributed by atoms with E-state index in [1.165, 1.54) is 0 Å². The molecule has 6 heteroatoms. The predicted octanol–water partition coefficient (Wildman–Crippen LogP) is 1.69. The Bertz CT molecular complexity index is 441. The second-order valence-electron chi connectivity index (χ2n) is 3.14. The van der Waals surface area contributed by atoms with Crippen molar-refractivity contribution in [2.24, 2.45) is 0 Å². The van der Waals surface area contributed by atoms with Crippen LogP contribution in [0, 0.1) is 0 Å². The van der Waals surface area contributed by atoms with Crippen molar-refractivity contribution in [2.75, 3.05) is 5.75 Å². The van der Waals surface area contributed by atoms with Gasteiger partial charge in [0, 0.05) is 10.7 Å². The van der Waals surface area contributed by atoms with Crippen LogP contribution >= 0.6 is 10.7 Å². The minimum absolute atomic E-state index is 0.141. The second-order valence-corrected chi connectivity index (χ2v) is 6.04. The summed E-state index contributed by atoms with van der Waals surface area (Å²) in [7, 11) is 1.33. The number of carbonyl (C=O) groups is 1. The zero-order valence-corrected chi connectivity index (χ0v) is 10.00. The lowest BCUT2D eigenvalue weighted by molar-refractivity contribution is -0.144. The third-order valence-electron chi connectivity index (χ3n) is 1.79. The van der Waals surface area contributed by atoms with E-state index in [4.69, 9.17) is 15.4 Å². The molecule has 0 aromatic heterocycles. The van der Waals surface area contributed by atoms with Gasteiger partial charge in [-0.25, -0.2) is 8.42 Å².